The van der Waals surface area contributed by atoms with Gasteiger partial charge in [-0.2, -0.15) is 0 Å². The number of amides is 1. The molecule has 1 amide bonds. The number of rotatable bonds is 0. The quantitative estimate of drug-likeness (QED) is 0.675. The van der Waals surface area contributed by atoms with Crippen molar-refractivity contribution in [3.63, 3.8) is 0 Å². The van der Waals surface area contributed by atoms with Crippen LogP contribution in [0.25, 0.3) is 0 Å². The molecular weight excluding hydrogens is 178 g/mol. The van der Waals surface area contributed by atoms with Gasteiger partial charge in [-0.25, -0.2) is 4.79 Å². The predicted molar refractivity (Wildman–Crippen MR) is 50.9 cm³/mol. The van der Waals surface area contributed by atoms with E-state index in [4.69, 9.17) is 4.74 Å². The van der Waals surface area contributed by atoms with E-state index < -0.39 is 0 Å². The smallest absolute Gasteiger partial charge is 0.407 e. The van der Waals surface area contributed by atoms with E-state index in [2.05, 4.69) is 17.4 Å². The minimum absolute atomic E-state index is 0.0290. The molecule has 3 rings (SSSR count). The zero-order valence-electron chi connectivity index (χ0n) is 7.69. The van der Waals surface area contributed by atoms with Gasteiger partial charge in [0.25, 0.3) is 0 Å². The van der Waals surface area contributed by atoms with Crippen LogP contribution in [0.3, 0.4) is 0 Å². The fourth-order valence-electron chi connectivity index (χ4n) is 2.32. The number of fused-ring (bicyclic) bond motifs is 4. The lowest BCUT2D eigenvalue weighted by atomic mass is 9.85. The van der Waals surface area contributed by atoms with Crippen LogP contribution in [0.15, 0.2) is 24.3 Å². The first-order valence-electron chi connectivity index (χ1n) is 4.88. The number of nitrogens with one attached hydrogen (secondary N) is 1. The fraction of sp³-hybridized carbons (Fsp3) is 0.364. The highest BCUT2D eigenvalue weighted by Gasteiger charge is 2.34. The van der Waals surface area contributed by atoms with Crippen LogP contribution in [-0.4, -0.2) is 12.1 Å². The monoisotopic (exact) mass is 189 g/mol. The Bertz CT molecular complexity index is 389. The Labute approximate surface area is 82.1 Å². The average Bonchev–Trinajstić information content (AvgIpc) is 2.17. The summed E-state index contributed by atoms with van der Waals surface area (Å²) in [7, 11) is 0. The summed E-state index contributed by atoms with van der Waals surface area (Å²) in [5.41, 5.74) is 2.48. The van der Waals surface area contributed by atoms with Gasteiger partial charge in [0.05, 0.1) is 0 Å². The standard InChI is InChI=1S/C11H11NO2/c13-11-12-8-5-7-3-1-2-4-9(7)10(6-8)14-11/h1-4,8,10H,5-6H2,(H,12,13)/t8-,10-/m1/s1. The maximum Gasteiger partial charge on any atom is 0.407 e. The molecule has 1 heterocycles. The molecule has 2 bridgehead atoms. The minimum atomic E-state index is -0.277. The molecule has 2 aliphatic rings. The fourth-order valence-corrected chi connectivity index (χ4v) is 2.32. The van der Waals surface area contributed by atoms with Crippen molar-refractivity contribution in [1.82, 2.24) is 5.32 Å². The molecule has 0 aromatic heterocycles. The van der Waals surface area contributed by atoms with Gasteiger partial charge in [0.15, 0.2) is 0 Å². The molecule has 72 valence electrons. The van der Waals surface area contributed by atoms with Crippen molar-refractivity contribution in [2.24, 2.45) is 0 Å². The van der Waals surface area contributed by atoms with Crippen molar-refractivity contribution in [3.8, 4) is 0 Å². The molecule has 1 aromatic rings. The first-order valence-corrected chi connectivity index (χ1v) is 4.88. The molecule has 1 N–H and O–H groups in total. The Morgan fingerprint density at radius 3 is 3.14 bits per heavy atom. The molecule has 0 radical (unpaired) electrons. The second kappa shape index (κ2) is 2.74. The van der Waals surface area contributed by atoms with E-state index in [1.54, 1.807) is 0 Å². The lowest BCUT2D eigenvalue weighted by Gasteiger charge is -2.36. The van der Waals surface area contributed by atoms with Gasteiger partial charge in [0.1, 0.15) is 6.10 Å². The third kappa shape index (κ3) is 1.09. The molecule has 1 saturated heterocycles. The van der Waals surface area contributed by atoms with E-state index in [0.717, 1.165) is 12.8 Å². The van der Waals surface area contributed by atoms with E-state index in [1.165, 1.54) is 11.1 Å². The van der Waals surface area contributed by atoms with E-state index in [-0.39, 0.29) is 18.2 Å². The second-order valence-electron chi connectivity index (χ2n) is 3.87. The van der Waals surface area contributed by atoms with Crippen LogP contribution in [0, 0.1) is 0 Å². The van der Waals surface area contributed by atoms with Crippen LogP contribution in [0.4, 0.5) is 4.79 Å². The van der Waals surface area contributed by atoms with Gasteiger partial charge < -0.3 is 10.1 Å². The molecule has 14 heavy (non-hydrogen) atoms. The summed E-state index contributed by atoms with van der Waals surface area (Å²) in [6.45, 7) is 0. The van der Waals surface area contributed by atoms with E-state index in [0.29, 0.717) is 0 Å². The highest BCUT2D eigenvalue weighted by Crippen LogP contribution is 2.34. The average molecular weight is 189 g/mol. The topological polar surface area (TPSA) is 38.3 Å². The van der Waals surface area contributed by atoms with Crippen molar-refractivity contribution >= 4 is 6.09 Å². The Morgan fingerprint density at radius 1 is 1.36 bits per heavy atom. The van der Waals surface area contributed by atoms with E-state index >= 15 is 0 Å². The van der Waals surface area contributed by atoms with Crippen LogP contribution < -0.4 is 5.32 Å². The van der Waals surface area contributed by atoms with Crippen LogP contribution >= 0.6 is 0 Å². The molecule has 1 aromatic carbocycles. The maximum atomic E-state index is 11.2. The zero-order chi connectivity index (χ0) is 9.54. The number of hydrogen-bond donors (Lipinski definition) is 1. The molecule has 0 spiro atoms. The minimum Gasteiger partial charge on any atom is -0.441 e. The number of carbonyl (C=O) groups excluding carboxylic acids is 1. The molecule has 3 heteroatoms. The first kappa shape index (κ1) is 7.85. The van der Waals surface area contributed by atoms with E-state index in [1.807, 2.05) is 12.1 Å². The summed E-state index contributed by atoms with van der Waals surface area (Å²) < 4.78 is 5.23. The van der Waals surface area contributed by atoms with Crippen molar-refractivity contribution < 1.29 is 9.53 Å². The molecule has 1 aliphatic heterocycles. The van der Waals surface area contributed by atoms with E-state index in [9.17, 15) is 4.79 Å². The molecular formula is C11H11NO2. The van der Waals surface area contributed by atoms with Crippen LogP contribution in [0.1, 0.15) is 23.7 Å². The van der Waals surface area contributed by atoms with Gasteiger partial charge in [-0.3, -0.25) is 0 Å². The third-order valence-corrected chi connectivity index (χ3v) is 2.94. The Balaban J connectivity index is 2.05. The van der Waals surface area contributed by atoms with Gasteiger partial charge in [-0.1, -0.05) is 24.3 Å². The molecule has 1 aliphatic carbocycles. The molecule has 0 saturated carbocycles. The highest BCUT2D eigenvalue weighted by atomic mass is 16.6. The van der Waals surface area contributed by atoms with Gasteiger partial charge in [-0.05, 0) is 17.5 Å². The number of ether oxygens (including phenoxy) is 1. The SMILES string of the molecule is O=C1N[C@@H]2Cc3ccccc3[C@@H](C2)O1. The number of carbonyl (C=O) groups is 1. The maximum absolute atomic E-state index is 11.2. The first-order chi connectivity index (χ1) is 6.83. The summed E-state index contributed by atoms with van der Waals surface area (Å²) in [6.07, 6.45) is 1.53. The lowest BCUT2D eigenvalue weighted by Crippen LogP contribution is -2.46. The lowest BCUT2D eigenvalue weighted by molar-refractivity contribution is 0.0516. The molecule has 1 fully saturated rings. The second-order valence-corrected chi connectivity index (χ2v) is 3.87. The summed E-state index contributed by atoms with van der Waals surface area (Å²) in [5, 5.41) is 2.83. The molecule has 3 nitrogen and oxygen atoms in total. The van der Waals surface area contributed by atoms with Gasteiger partial charge in [-0.15, -0.1) is 0 Å². The molecule has 0 unspecified atom stereocenters. The van der Waals surface area contributed by atoms with Crippen molar-refractivity contribution in [2.45, 2.75) is 25.0 Å². The highest BCUT2D eigenvalue weighted by molar-refractivity contribution is 5.69. The molecule has 2 atom stereocenters. The third-order valence-electron chi connectivity index (χ3n) is 2.94. The predicted octanol–water partition coefficient (Wildman–Crippen LogP) is 1.78. The van der Waals surface area contributed by atoms with Gasteiger partial charge in [0, 0.05) is 12.5 Å². The summed E-state index contributed by atoms with van der Waals surface area (Å²) in [4.78, 5) is 11.2. The summed E-state index contributed by atoms with van der Waals surface area (Å²) in [5.74, 6) is 0. The Morgan fingerprint density at radius 2 is 2.21 bits per heavy atom. The van der Waals surface area contributed by atoms with Gasteiger partial charge >= 0.3 is 6.09 Å². The van der Waals surface area contributed by atoms with Crippen LogP contribution in [0.2, 0.25) is 0 Å². The largest absolute Gasteiger partial charge is 0.441 e. The van der Waals surface area contributed by atoms with Crippen molar-refractivity contribution in [3.05, 3.63) is 35.4 Å². The summed E-state index contributed by atoms with van der Waals surface area (Å²) >= 11 is 0. The normalized spacial score (nSPS) is 28.7. The number of hydrogen-bond acceptors (Lipinski definition) is 2. The van der Waals surface area contributed by atoms with Crippen LogP contribution in [0.5, 0.6) is 0 Å². The number of benzene rings is 1. The van der Waals surface area contributed by atoms with Crippen molar-refractivity contribution in [2.75, 3.05) is 0 Å². The Kier molecular flexibility index (Phi) is 1.54. The number of alkyl carbamates (subject to hydrolysis) is 1. The van der Waals surface area contributed by atoms with Gasteiger partial charge in [0.2, 0.25) is 0 Å². The van der Waals surface area contributed by atoms with Crippen molar-refractivity contribution in [1.29, 1.82) is 0 Å². The Hall–Kier alpha value is -1.51. The summed E-state index contributed by atoms with van der Waals surface area (Å²) in [6, 6.07) is 8.44. The van der Waals surface area contributed by atoms with Crippen LogP contribution in [-0.2, 0) is 11.2 Å². The zero-order valence-corrected chi connectivity index (χ0v) is 7.69.